The van der Waals surface area contributed by atoms with Gasteiger partial charge in [0.05, 0.1) is 0 Å². The summed E-state index contributed by atoms with van der Waals surface area (Å²) in [5.41, 5.74) is 1.48. The predicted octanol–water partition coefficient (Wildman–Crippen LogP) is 4.56. The summed E-state index contributed by atoms with van der Waals surface area (Å²) in [6, 6.07) is 10.9. The van der Waals surface area contributed by atoms with Gasteiger partial charge in [-0.05, 0) is 42.6 Å². The van der Waals surface area contributed by atoms with Crippen molar-refractivity contribution < 1.29 is 0 Å². The minimum absolute atomic E-state index is 0.608. The number of benzene rings is 1. The molecule has 0 radical (unpaired) electrons. The Balaban J connectivity index is 2.10. The third-order valence-corrected chi connectivity index (χ3v) is 3.83. The molecule has 0 aromatic heterocycles. The van der Waals surface area contributed by atoms with Crippen LogP contribution in [0.15, 0.2) is 55.6 Å². The Bertz CT molecular complexity index is 350. The lowest BCUT2D eigenvalue weighted by atomic mass is 9.72. The van der Waals surface area contributed by atoms with Gasteiger partial charge in [-0.1, -0.05) is 42.5 Å². The van der Waals surface area contributed by atoms with Gasteiger partial charge in [0.2, 0.25) is 0 Å². The molecule has 2 rings (SSSR count). The third-order valence-electron chi connectivity index (χ3n) is 3.83. The Morgan fingerprint density at radius 3 is 2.25 bits per heavy atom. The fraction of sp³-hybridized carbons (Fsp3) is 0.375. The molecule has 1 fully saturated rings. The highest BCUT2D eigenvalue weighted by molar-refractivity contribution is 5.21. The van der Waals surface area contributed by atoms with E-state index in [4.69, 9.17) is 0 Å². The van der Waals surface area contributed by atoms with E-state index in [0.29, 0.717) is 17.8 Å². The molecule has 0 bridgehead atoms. The molecule has 84 valence electrons. The van der Waals surface area contributed by atoms with Crippen molar-refractivity contribution in [2.45, 2.75) is 25.2 Å². The summed E-state index contributed by atoms with van der Waals surface area (Å²) in [4.78, 5) is 0. The van der Waals surface area contributed by atoms with Crippen molar-refractivity contribution in [1.82, 2.24) is 0 Å². The van der Waals surface area contributed by atoms with E-state index in [-0.39, 0.29) is 0 Å². The molecule has 1 aromatic rings. The zero-order valence-electron chi connectivity index (χ0n) is 9.81. The molecule has 0 aliphatic heterocycles. The second kappa shape index (κ2) is 5.16. The molecule has 0 nitrogen and oxygen atoms in total. The molecular formula is C16H20. The summed E-state index contributed by atoms with van der Waals surface area (Å²) < 4.78 is 0. The molecule has 0 saturated heterocycles. The van der Waals surface area contributed by atoms with Crippen molar-refractivity contribution in [3.05, 3.63) is 61.2 Å². The predicted molar refractivity (Wildman–Crippen MR) is 70.4 cm³/mol. The summed E-state index contributed by atoms with van der Waals surface area (Å²) in [7, 11) is 0. The highest BCUT2D eigenvalue weighted by Crippen LogP contribution is 2.40. The minimum atomic E-state index is 0.608. The smallest absolute Gasteiger partial charge is 0.0156 e. The Kier molecular flexibility index (Phi) is 3.61. The maximum Gasteiger partial charge on any atom is -0.0156 e. The van der Waals surface area contributed by atoms with Crippen molar-refractivity contribution in [2.24, 2.45) is 11.8 Å². The van der Waals surface area contributed by atoms with Gasteiger partial charge in [0.15, 0.2) is 0 Å². The quantitative estimate of drug-likeness (QED) is 0.644. The molecule has 0 spiro atoms. The van der Waals surface area contributed by atoms with Crippen LogP contribution in [0.5, 0.6) is 0 Å². The molecule has 0 N–H and O–H groups in total. The van der Waals surface area contributed by atoms with Crippen molar-refractivity contribution in [3.8, 4) is 0 Å². The van der Waals surface area contributed by atoms with Gasteiger partial charge in [0.1, 0.15) is 0 Å². The van der Waals surface area contributed by atoms with Crippen molar-refractivity contribution in [3.63, 3.8) is 0 Å². The molecule has 1 aliphatic rings. The summed E-state index contributed by atoms with van der Waals surface area (Å²) in [5.74, 6) is 1.95. The summed E-state index contributed by atoms with van der Waals surface area (Å²) >= 11 is 0. The van der Waals surface area contributed by atoms with Gasteiger partial charge in [0.25, 0.3) is 0 Å². The summed E-state index contributed by atoms with van der Waals surface area (Å²) in [5, 5.41) is 0. The van der Waals surface area contributed by atoms with Crippen molar-refractivity contribution in [2.75, 3.05) is 0 Å². The van der Waals surface area contributed by atoms with Crippen molar-refractivity contribution >= 4 is 0 Å². The summed E-state index contributed by atoms with van der Waals surface area (Å²) in [6.45, 7) is 7.90. The maximum atomic E-state index is 3.96. The second-order valence-electron chi connectivity index (χ2n) is 4.72. The minimum Gasteiger partial charge on any atom is -0.103 e. The standard InChI is InChI=1S/C16H20/c1-3-13-10-11-16(12-14(13)4-2)15-8-6-5-7-9-15/h3-9,13-14,16H,1-2,10-12H2/t13-,14+,16+/m0/s1. The Hall–Kier alpha value is -1.30. The summed E-state index contributed by atoms with van der Waals surface area (Å²) in [6.07, 6.45) is 7.98. The Morgan fingerprint density at radius 2 is 1.62 bits per heavy atom. The van der Waals surface area contributed by atoms with Crippen LogP contribution in [-0.2, 0) is 0 Å². The van der Waals surface area contributed by atoms with Crippen LogP contribution in [-0.4, -0.2) is 0 Å². The second-order valence-corrected chi connectivity index (χ2v) is 4.72. The number of hydrogen-bond acceptors (Lipinski definition) is 0. The first-order valence-electron chi connectivity index (χ1n) is 6.15. The molecule has 1 saturated carbocycles. The van der Waals surface area contributed by atoms with Gasteiger partial charge in [0, 0.05) is 0 Å². The molecule has 16 heavy (non-hydrogen) atoms. The molecule has 3 atom stereocenters. The lowest BCUT2D eigenvalue weighted by molar-refractivity contribution is 0.304. The van der Waals surface area contributed by atoms with Crippen LogP contribution in [0.4, 0.5) is 0 Å². The van der Waals surface area contributed by atoms with Crippen LogP contribution < -0.4 is 0 Å². The monoisotopic (exact) mass is 212 g/mol. The van der Waals surface area contributed by atoms with Crippen LogP contribution >= 0.6 is 0 Å². The van der Waals surface area contributed by atoms with E-state index in [1.165, 1.54) is 24.8 Å². The molecule has 0 heterocycles. The van der Waals surface area contributed by atoms with Crippen LogP contribution in [0.2, 0.25) is 0 Å². The number of allylic oxidation sites excluding steroid dienone is 2. The fourth-order valence-electron chi connectivity index (χ4n) is 2.82. The van der Waals surface area contributed by atoms with Crippen molar-refractivity contribution in [1.29, 1.82) is 0 Å². The molecule has 0 heteroatoms. The number of hydrogen-bond donors (Lipinski definition) is 0. The van der Waals surface area contributed by atoms with Gasteiger partial charge < -0.3 is 0 Å². The molecule has 0 amide bonds. The molecular weight excluding hydrogens is 192 g/mol. The van der Waals surface area contributed by atoms with E-state index in [9.17, 15) is 0 Å². The lowest BCUT2D eigenvalue weighted by Crippen LogP contribution is -2.20. The highest BCUT2D eigenvalue weighted by Gasteiger charge is 2.27. The Labute approximate surface area is 98.7 Å². The van der Waals surface area contributed by atoms with E-state index in [1.807, 2.05) is 0 Å². The highest BCUT2D eigenvalue weighted by atomic mass is 14.3. The topological polar surface area (TPSA) is 0 Å². The lowest BCUT2D eigenvalue weighted by Gasteiger charge is -2.33. The average Bonchev–Trinajstić information content (AvgIpc) is 2.39. The number of rotatable bonds is 3. The van der Waals surface area contributed by atoms with Crippen LogP contribution in [0.3, 0.4) is 0 Å². The van der Waals surface area contributed by atoms with E-state index < -0.39 is 0 Å². The first-order chi connectivity index (χ1) is 7.85. The first-order valence-corrected chi connectivity index (χ1v) is 6.15. The van der Waals surface area contributed by atoms with E-state index in [1.54, 1.807) is 0 Å². The average molecular weight is 212 g/mol. The van der Waals surface area contributed by atoms with Gasteiger partial charge in [-0.2, -0.15) is 0 Å². The van der Waals surface area contributed by atoms with Crippen LogP contribution in [0.25, 0.3) is 0 Å². The normalized spacial score (nSPS) is 29.6. The first kappa shape index (κ1) is 11.2. The molecule has 1 aliphatic carbocycles. The Morgan fingerprint density at radius 1 is 0.938 bits per heavy atom. The molecule has 0 unspecified atom stereocenters. The third kappa shape index (κ3) is 2.27. The van der Waals surface area contributed by atoms with Crippen LogP contribution in [0.1, 0.15) is 30.7 Å². The zero-order chi connectivity index (χ0) is 11.4. The van der Waals surface area contributed by atoms with E-state index in [0.717, 1.165) is 0 Å². The maximum absolute atomic E-state index is 3.96. The molecule has 1 aromatic carbocycles. The van der Waals surface area contributed by atoms with E-state index in [2.05, 4.69) is 55.6 Å². The SMILES string of the molecule is C=C[C@@H]1C[C@H](c2ccccc2)CC[C@@H]1C=C. The largest absolute Gasteiger partial charge is 0.103 e. The van der Waals surface area contributed by atoms with Gasteiger partial charge >= 0.3 is 0 Å². The van der Waals surface area contributed by atoms with Gasteiger partial charge in [-0.15, -0.1) is 13.2 Å². The zero-order valence-corrected chi connectivity index (χ0v) is 9.81. The van der Waals surface area contributed by atoms with Crippen LogP contribution in [0, 0.1) is 11.8 Å². The van der Waals surface area contributed by atoms with Gasteiger partial charge in [-0.25, -0.2) is 0 Å². The fourth-order valence-corrected chi connectivity index (χ4v) is 2.82. The van der Waals surface area contributed by atoms with Gasteiger partial charge in [-0.3, -0.25) is 0 Å². The van der Waals surface area contributed by atoms with E-state index >= 15 is 0 Å².